The number of furan rings is 1. The Morgan fingerprint density at radius 1 is 1.16 bits per heavy atom. The fraction of sp³-hybridized carbons (Fsp3) is 0.739. The lowest BCUT2D eigenvalue weighted by molar-refractivity contribution is -0.0764. The van der Waals surface area contributed by atoms with Crippen molar-refractivity contribution in [3.63, 3.8) is 0 Å². The summed E-state index contributed by atoms with van der Waals surface area (Å²) in [6, 6.07) is 2.10. The molecule has 2 nitrogen and oxygen atoms in total. The number of rotatable bonds is 2. The number of aliphatic hydroxyl groups excluding tert-OH is 1. The molecule has 0 amide bonds. The molecule has 0 radical (unpaired) electrons. The molecule has 0 bridgehead atoms. The zero-order valence-corrected chi connectivity index (χ0v) is 15.5. The van der Waals surface area contributed by atoms with Gasteiger partial charge in [-0.25, -0.2) is 0 Å². The van der Waals surface area contributed by atoms with Crippen LogP contribution in [0.1, 0.15) is 70.3 Å². The molecular weight excluding hydrogens is 308 g/mol. The monoisotopic (exact) mass is 340 g/mol. The SMILES string of the molecule is C[C@]12CCCCC1=CC[C@H]1[C@@H]3CC[C@H](O)[C@@]3(Cc3ccoc3)CC[C@@H]12. The summed E-state index contributed by atoms with van der Waals surface area (Å²) in [7, 11) is 0. The molecule has 3 fully saturated rings. The van der Waals surface area contributed by atoms with Gasteiger partial charge in [0.05, 0.1) is 18.6 Å². The van der Waals surface area contributed by atoms with E-state index >= 15 is 0 Å². The lowest BCUT2D eigenvalue weighted by atomic mass is 9.47. The van der Waals surface area contributed by atoms with E-state index in [0.29, 0.717) is 11.3 Å². The minimum atomic E-state index is -0.127. The first-order valence-corrected chi connectivity index (χ1v) is 10.5. The van der Waals surface area contributed by atoms with Crippen LogP contribution in [-0.4, -0.2) is 11.2 Å². The highest BCUT2D eigenvalue weighted by Crippen LogP contribution is 2.65. The van der Waals surface area contributed by atoms with E-state index in [2.05, 4.69) is 19.1 Å². The van der Waals surface area contributed by atoms with Crippen molar-refractivity contribution in [2.24, 2.45) is 28.6 Å². The standard InChI is InChI=1S/C23H32O2/c1-22-11-3-2-4-17(22)5-6-18-19(22)9-12-23(14-16-10-13-25-15-16)20(18)7-8-21(23)24/h5,10,13,15,18-21,24H,2-4,6-9,11-12,14H2,1H3/t18-,19+,20+,21+,22+,23-/m1/s1. The van der Waals surface area contributed by atoms with Gasteiger partial charge in [0.15, 0.2) is 0 Å². The molecule has 6 atom stereocenters. The third-order valence-electron chi connectivity index (χ3n) is 8.80. The van der Waals surface area contributed by atoms with Gasteiger partial charge in [0.2, 0.25) is 0 Å². The summed E-state index contributed by atoms with van der Waals surface area (Å²) >= 11 is 0. The van der Waals surface area contributed by atoms with Crippen LogP contribution >= 0.6 is 0 Å². The second-order valence-corrected chi connectivity index (χ2v) is 9.64. The van der Waals surface area contributed by atoms with E-state index < -0.39 is 0 Å². The lowest BCUT2D eigenvalue weighted by Crippen LogP contribution is -2.52. The van der Waals surface area contributed by atoms with Crippen LogP contribution in [0.4, 0.5) is 0 Å². The molecule has 0 aliphatic heterocycles. The fourth-order valence-corrected chi connectivity index (χ4v) is 7.59. The topological polar surface area (TPSA) is 33.4 Å². The van der Waals surface area contributed by atoms with Crippen molar-refractivity contribution in [1.82, 2.24) is 0 Å². The maximum Gasteiger partial charge on any atom is 0.0934 e. The molecule has 136 valence electrons. The van der Waals surface area contributed by atoms with Gasteiger partial charge in [0, 0.05) is 5.41 Å². The predicted molar refractivity (Wildman–Crippen MR) is 99.1 cm³/mol. The summed E-state index contributed by atoms with van der Waals surface area (Å²) in [6.07, 6.45) is 18.7. The van der Waals surface area contributed by atoms with Crippen molar-refractivity contribution in [3.05, 3.63) is 35.8 Å². The molecule has 1 aromatic rings. The molecule has 0 saturated heterocycles. The van der Waals surface area contributed by atoms with Gasteiger partial charge in [-0.2, -0.15) is 0 Å². The van der Waals surface area contributed by atoms with E-state index in [-0.39, 0.29) is 11.5 Å². The van der Waals surface area contributed by atoms with Gasteiger partial charge < -0.3 is 9.52 Å². The van der Waals surface area contributed by atoms with E-state index in [9.17, 15) is 5.11 Å². The van der Waals surface area contributed by atoms with Gasteiger partial charge in [-0.3, -0.25) is 0 Å². The van der Waals surface area contributed by atoms with Crippen molar-refractivity contribution in [2.45, 2.75) is 77.2 Å². The first kappa shape index (κ1) is 16.2. The molecule has 1 aromatic heterocycles. The molecule has 0 aromatic carbocycles. The van der Waals surface area contributed by atoms with Gasteiger partial charge >= 0.3 is 0 Å². The summed E-state index contributed by atoms with van der Waals surface area (Å²) in [6.45, 7) is 2.57. The molecule has 3 saturated carbocycles. The molecular formula is C23H32O2. The third kappa shape index (κ3) is 2.25. The largest absolute Gasteiger partial charge is 0.472 e. The summed E-state index contributed by atoms with van der Waals surface area (Å²) in [5.74, 6) is 2.32. The Morgan fingerprint density at radius 2 is 2.08 bits per heavy atom. The van der Waals surface area contributed by atoms with Crippen LogP contribution in [0.15, 0.2) is 34.7 Å². The quantitative estimate of drug-likeness (QED) is 0.720. The van der Waals surface area contributed by atoms with Gasteiger partial charge in [-0.15, -0.1) is 0 Å². The molecule has 4 aliphatic rings. The van der Waals surface area contributed by atoms with E-state index in [0.717, 1.165) is 24.7 Å². The number of hydrogen-bond acceptors (Lipinski definition) is 2. The Morgan fingerprint density at radius 3 is 2.92 bits per heavy atom. The van der Waals surface area contributed by atoms with Crippen molar-refractivity contribution >= 4 is 0 Å². The van der Waals surface area contributed by atoms with Crippen molar-refractivity contribution in [2.75, 3.05) is 0 Å². The highest BCUT2D eigenvalue weighted by Gasteiger charge is 2.59. The van der Waals surface area contributed by atoms with Crippen LogP contribution in [0, 0.1) is 28.6 Å². The van der Waals surface area contributed by atoms with Crippen LogP contribution < -0.4 is 0 Å². The van der Waals surface area contributed by atoms with Crippen LogP contribution in [0.25, 0.3) is 0 Å². The first-order valence-electron chi connectivity index (χ1n) is 10.5. The van der Waals surface area contributed by atoms with E-state index in [1.807, 2.05) is 6.26 Å². The Labute approximate surface area is 151 Å². The summed E-state index contributed by atoms with van der Waals surface area (Å²) in [5, 5.41) is 11.0. The molecule has 1 heterocycles. The molecule has 1 N–H and O–H groups in total. The molecule has 25 heavy (non-hydrogen) atoms. The van der Waals surface area contributed by atoms with Gasteiger partial charge in [0.1, 0.15) is 0 Å². The minimum absolute atomic E-state index is 0.0986. The van der Waals surface area contributed by atoms with Crippen LogP contribution in [0.3, 0.4) is 0 Å². The van der Waals surface area contributed by atoms with Crippen molar-refractivity contribution in [1.29, 1.82) is 0 Å². The molecule has 2 heteroatoms. The lowest BCUT2D eigenvalue weighted by Gasteiger charge is -2.58. The fourth-order valence-electron chi connectivity index (χ4n) is 7.59. The molecule has 0 spiro atoms. The van der Waals surface area contributed by atoms with Crippen LogP contribution in [0.5, 0.6) is 0 Å². The Hall–Kier alpha value is -1.02. The average molecular weight is 341 g/mol. The molecule has 5 rings (SSSR count). The third-order valence-corrected chi connectivity index (χ3v) is 8.80. The van der Waals surface area contributed by atoms with Gasteiger partial charge in [-0.05, 0) is 92.6 Å². The smallest absolute Gasteiger partial charge is 0.0934 e. The number of hydrogen-bond donors (Lipinski definition) is 1. The average Bonchev–Trinajstić information content (AvgIpc) is 3.23. The normalized spacial score (nSPS) is 46.1. The minimum Gasteiger partial charge on any atom is -0.472 e. The Kier molecular flexibility index (Phi) is 3.71. The maximum absolute atomic E-state index is 11.0. The molecule has 0 unspecified atom stereocenters. The number of allylic oxidation sites excluding steroid dienone is 2. The van der Waals surface area contributed by atoms with Gasteiger partial charge in [0.25, 0.3) is 0 Å². The zero-order chi connectivity index (χ0) is 17.1. The summed E-state index contributed by atoms with van der Waals surface area (Å²) in [4.78, 5) is 0. The highest BCUT2D eigenvalue weighted by molar-refractivity contribution is 5.25. The second kappa shape index (κ2) is 5.74. The van der Waals surface area contributed by atoms with Gasteiger partial charge in [-0.1, -0.05) is 25.0 Å². The first-order chi connectivity index (χ1) is 12.1. The highest BCUT2D eigenvalue weighted by atomic mass is 16.3. The number of aliphatic hydroxyl groups is 1. The zero-order valence-electron chi connectivity index (χ0n) is 15.5. The summed E-state index contributed by atoms with van der Waals surface area (Å²) < 4.78 is 5.34. The Bertz CT molecular complexity index is 660. The van der Waals surface area contributed by atoms with Crippen LogP contribution in [-0.2, 0) is 6.42 Å². The van der Waals surface area contributed by atoms with E-state index in [4.69, 9.17) is 4.42 Å². The van der Waals surface area contributed by atoms with Crippen molar-refractivity contribution < 1.29 is 9.52 Å². The molecule has 4 aliphatic carbocycles. The number of fused-ring (bicyclic) bond motifs is 5. The van der Waals surface area contributed by atoms with E-state index in [1.54, 1.807) is 11.8 Å². The van der Waals surface area contributed by atoms with E-state index in [1.165, 1.54) is 56.9 Å². The Balaban J connectivity index is 1.49. The predicted octanol–water partition coefficient (Wildman–Crippen LogP) is 5.52. The van der Waals surface area contributed by atoms with Crippen LogP contribution in [0.2, 0.25) is 0 Å². The van der Waals surface area contributed by atoms with Crippen molar-refractivity contribution in [3.8, 4) is 0 Å². The summed E-state index contributed by atoms with van der Waals surface area (Å²) in [5.41, 5.74) is 3.61. The second-order valence-electron chi connectivity index (χ2n) is 9.64. The maximum atomic E-state index is 11.0.